The number of piperidine rings is 1. The van der Waals surface area contributed by atoms with Gasteiger partial charge in [0.15, 0.2) is 0 Å². The summed E-state index contributed by atoms with van der Waals surface area (Å²) in [6, 6.07) is 5.57. The smallest absolute Gasteiger partial charge is 0.137 e. The van der Waals surface area contributed by atoms with Crippen LogP contribution in [-0.4, -0.2) is 63.8 Å². The number of hydrogen-bond acceptors (Lipinski definition) is 5. The van der Waals surface area contributed by atoms with Crippen LogP contribution in [0.4, 0.5) is 4.39 Å². The Labute approximate surface area is 141 Å². The SMILES string of the molecule is O[C@H]1CCN(CC2(O)CCCC2)C[C@]1(O)COc1ccc(F)cc1. The van der Waals surface area contributed by atoms with E-state index in [1.54, 1.807) is 0 Å². The van der Waals surface area contributed by atoms with E-state index in [0.717, 1.165) is 25.7 Å². The van der Waals surface area contributed by atoms with Crippen molar-refractivity contribution in [2.75, 3.05) is 26.2 Å². The Bertz CT molecular complexity index is 546. The molecule has 0 spiro atoms. The Balaban J connectivity index is 1.60. The van der Waals surface area contributed by atoms with Gasteiger partial charge in [0.05, 0.1) is 11.7 Å². The summed E-state index contributed by atoms with van der Waals surface area (Å²) in [6.45, 7) is 1.33. The standard InChI is InChI=1S/C18H26FNO4/c19-14-3-5-15(6-4-14)24-13-18(23)12-20(10-7-16(18)21)11-17(22)8-1-2-9-17/h3-6,16,21-23H,1-2,7-13H2/t16-,18-/m0/s1. The molecule has 0 radical (unpaired) electrons. The lowest BCUT2D eigenvalue weighted by molar-refractivity contribution is -0.147. The Morgan fingerprint density at radius 2 is 1.83 bits per heavy atom. The van der Waals surface area contributed by atoms with Gasteiger partial charge >= 0.3 is 0 Å². The molecule has 3 rings (SSSR count). The maximum absolute atomic E-state index is 12.9. The van der Waals surface area contributed by atoms with Crippen molar-refractivity contribution in [1.82, 2.24) is 4.90 Å². The number of nitrogens with zero attached hydrogens (tertiary/aromatic N) is 1. The van der Waals surface area contributed by atoms with Crippen molar-refractivity contribution >= 4 is 0 Å². The third kappa shape index (κ3) is 4.06. The van der Waals surface area contributed by atoms with E-state index >= 15 is 0 Å². The predicted molar refractivity (Wildman–Crippen MR) is 87.3 cm³/mol. The summed E-state index contributed by atoms with van der Waals surface area (Å²) >= 11 is 0. The van der Waals surface area contributed by atoms with E-state index in [4.69, 9.17) is 4.74 Å². The summed E-state index contributed by atoms with van der Waals surface area (Å²) in [7, 11) is 0. The van der Waals surface area contributed by atoms with Crippen LogP contribution in [0.1, 0.15) is 32.1 Å². The molecule has 0 amide bonds. The van der Waals surface area contributed by atoms with E-state index in [1.807, 2.05) is 4.90 Å². The number of likely N-dealkylation sites (tertiary alicyclic amines) is 1. The van der Waals surface area contributed by atoms with E-state index in [-0.39, 0.29) is 19.0 Å². The predicted octanol–water partition coefficient (Wildman–Crippen LogP) is 1.31. The molecule has 6 heteroatoms. The molecule has 24 heavy (non-hydrogen) atoms. The van der Waals surface area contributed by atoms with Crippen molar-refractivity contribution in [2.45, 2.75) is 49.4 Å². The second-order valence-electron chi connectivity index (χ2n) is 7.29. The summed E-state index contributed by atoms with van der Waals surface area (Å²) in [5.41, 5.74) is -2.08. The molecule has 2 aliphatic rings. The lowest BCUT2D eigenvalue weighted by Crippen LogP contribution is -2.61. The summed E-state index contributed by atoms with van der Waals surface area (Å²) in [5, 5.41) is 31.6. The van der Waals surface area contributed by atoms with Gasteiger partial charge in [0, 0.05) is 19.6 Å². The number of ether oxygens (including phenoxy) is 1. The van der Waals surface area contributed by atoms with Gasteiger partial charge in [-0.15, -0.1) is 0 Å². The average Bonchev–Trinajstić information content (AvgIpc) is 2.97. The van der Waals surface area contributed by atoms with Crippen LogP contribution in [0.2, 0.25) is 0 Å². The topological polar surface area (TPSA) is 73.2 Å². The number of rotatable bonds is 5. The van der Waals surface area contributed by atoms with Crippen molar-refractivity contribution in [3.8, 4) is 5.75 Å². The highest BCUT2D eigenvalue weighted by molar-refractivity contribution is 5.22. The number of aliphatic hydroxyl groups excluding tert-OH is 1. The van der Waals surface area contributed by atoms with Gasteiger partial charge in [-0.3, -0.25) is 4.90 Å². The molecule has 0 unspecified atom stereocenters. The Morgan fingerprint density at radius 3 is 2.50 bits per heavy atom. The molecule has 1 saturated heterocycles. The van der Waals surface area contributed by atoms with Crippen LogP contribution in [-0.2, 0) is 0 Å². The van der Waals surface area contributed by atoms with Crippen LogP contribution in [0.3, 0.4) is 0 Å². The monoisotopic (exact) mass is 339 g/mol. The normalized spacial score (nSPS) is 30.4. The maximum atomic E-state index is 12.9. The zero-order valence-corrected chi connectivity index (χ0v) is 13.8. The number of hydrogen-bond donors (Lipinski definition) is 3. The summed E-state index contributed by atoms with van der Waals surface area (Å²) < 4.78 is 18.5. The average molecular weight is 339 g/mol. The highest BCUT2D eigenvalue weighted by Crippen LogP contribution is 2.32. The fraction of sp³-hybridized carbons (Fsp3) is 0.667. The minimum Gasteiger partial charge on any atom is -0.490 e. The van der Waals surface area contributed by atoms with Gasteiger partial charge in [-0.2, -0.15) is 0 Å². The quantitative estimate of drug-likeness (QED) is 0.754. The van der Waals surface area contributed by atoms with Gasteiger partial charge in [-0.25, -0.2) is 4.39 Å². The van der Waals surface area contributed by atoms with Crippen molar-refractivity contribution < 1.29 is 24.4 Å². The van der Waals surface area contributed by atoms with Gasteiger partial charge in [-0.05, 0) is 43.5 Å². The van der Waals surface area contributed by atoms with Gasteiger partial charge in [0.1, 0.15) is 23.8 Å². The number of β-amino-alcohol motifs (C(OH)–C–C–N with tert-alkyl or cyclic N) is 2. The van der Waals surface area contributed by atoms with Gasteiger partial charge in [0.2, 0.25) is 0 Å². The van der Waals surface area contributed by atoms with Crippen LogP contribution in [0.5, 0.6) is 5.75 Å². The fourth-order valence-corrected chi connectivity index (χ4v) is 3.77. The second-order valence-corrected chi connectivity index (χ2v) is 7.29. The van der Waals surface area contributed by atoms with Crippen molar-refractivity contribution in [3.05, 3.63) is 30.1 Å². The first-order chi connectivity index (χ1) is 11.4. The minimum atomic E-state index is -1.40. The molecule has 1 saturated carbocycles. The van der Waals surface area contributed by atoms with Crippen LogP contribution in [0, 0.1) is 5.82 Å². The molecular formula is C18H26FNO4. The van der Waals surface area contributed by atoms with Gasteiger partial charge < -0.3 is 20.1 Å². The van der Waals surface area contributed by atoms with E-state index in [9.17, 15) is 19.7 Å². The van der Waals surface area contributed by atoms with Gasteiger partial charge in [0.25, 0.3) is 0 Å². The Kier molecular flexibility index (Phi) is 5.11. The molecule has 1 aliphatic carbocycles. The second kappa shape index (κ2) is 6.96. The van der Waals surface area contributed by atoms with Crippen molar-refractivity contribution in [1.29, 1.82) is 0 Å². The summed E-state index contributed by atoms with van der Waals surface area (Å²) in [6.07, 6.45) is 3.19. The highest BCUT2D eigenvalue weighted by atomic mass is 19.1. The van der Waals surface area contributed by atoms with Crippen molar-refractivity contribution in [2.24, 2.45) is 0 Å². The molecule has 2 fully saturated rings. The van der Waals surface area contributed by atoms with E-state index in [1.165, 1.54) is 24.3 Å². The van der Waals surface area contributed by atoms with Gasteiger partial charge in [-0.1, -0.05) is 12.8 Å². The Morgan fingerprint density at radius 1 is 1.17 bits per heavy atom. The molecule has 1 heterocycles. The maximum Gasteiger partial charge on any atom is 0.137 e. The molecule has 0 bridgehead atoms. The molecule has 1 aromatic carbocycles. The number of aliphatic hydroxyl groups is 3. The number of halogens is 1. The van der Waals surface area contributed by atoms with E-state index in [0.29, 0.717) is 25.3 Å². The molecule has 2 atom stereocenters. The van der Waals surface area contributed by atoms with Crippen LogP contribution in [0.15, 0.2) is 24.3 Å². The van der Waals surface area contributed by atoms with Crippen LogP contribution in [0.25, 0.3) is 0 Å². The summed E-state index contributed by atoms with van der Waals surface area (Å²) in [5.74, 6) is 0.0957. The first-order valence-corrected chi connectivity index (χ1v) is 8.62. The molecular weight excluding hydrogens is 313 g/mol. The van der Waals surface area contributed by atoms with E-state index < -0.39 is 17.3 Å². The van der Waals surface area contributed by atoms with Crippen LogP contribution >= 0.6 is 0 Å². The zero-order chi connectivity index (χ0) is 17.2. The largest absolute Gasteiger partial charge is 0.490 e. The molecule has 3 N–H and O–H groups in total. The van der Waals surface area contributed by atoms with E-state index in [2.05, 4.69) is 0 Å². The summed E-state index contributed by atoms with van der Waals surface area (Å²) in [4.78, 5) is 2.01. The molecule has 1 aromatic rings. The first-order valence-electron chi connectivity index (χ1n) is 8.62. The molecule has 5 nitrogen and oxygen atoms in total. The fourth-order valence-electron chi connectivity index (χ4n) is 3.77. The lowest BCUT2D eigenvalue weighted by Gasteiger charge is -2.44. The number of benzene rings is 1. The minimum absolute atomic E-state index is 0.0747. The molecule has 0 aromatic heterocycles. The lowest BCUT2D eigenvalue weighted by atomic mass is 9.89. The third-order valence-corrected chi connectivity index (χ3v) is 5.19. The van der Waals surface area contributed by atoms with Crippen LogP contribution < -0.4 is 4.74 Å². The molecule has 134 valence electrons. The zero-order valence-electron chi connectivity index (χ0n) is 13.8. The molecule has 1 aliphatic heterocycles. The first kappa shape index (κ1) is 17.6. The highest BCUT2D eigenvalue weighted by Gasteiger charge is 2.44. The third-order valence-electron chi connectivity index (χ3n) is 5.19. The Hall–Kier alpha value is -1.21. The van der Waals surface area contributed by atoms with Crippen molar-refractivity contribution in [3.63, 3.8) is 0 Å².